The van der Waals surface area contributed by atoms with Crippen LogP contribution in [0.2, 0.25) is 0 Å². The standard InChI is InChI=1S/C14H11FO2/c1-9-2-7-12(13(8-9)14(16)17)10-3-5-11(15)6-4-10/h2-8H,1H3,(H,16,17). The smallest absolute Gasteiger partial charge is 0.336 e. The van der Waals surface area contributed by atoms with Crippen molar-refractivity contribution in [3.63, 3.8) is 0 Å². The SMILES string of the molecule is Cc1ccc(-c2ccc(F)cc2)c(C(=O)O)c1. The van der Waals surface area contributed by atoms with Crippen molar-refractivity contribution in [2.75, 3.05) is 0 Å². The largest absolute Gasteiger partial charge is 0.478 e. The summed E-state index contributed by atoms with van der Waals surface area (Å²) in [6.45, 7) is 1.83. The van der Waals surface area contributed by atoms with Crippen LogP contribution in [0.5, 0.6) is 0 Å². The van der Waals surface area contributed by atoms with Crippen LogP contribution >= 0.6 is 0 Å². The molecule has 86 valence electrons. The average Bonchev–Trinajstić information content (AvgIpc) is 2.30. The van der Waals surface area contributed by atoms with Crippen molar-refractivity contribution in [3.8, 4) is 11.1 Å². The van der Waals surface area contributed by atoms with Gasteiger partial charge in [0.2, 0.25) is 0 Å². The number of hydrogen-bond acceptors (Lipinski definition) is 1. The third kappa shape index (κ3) is 2.33. The monoisotopic (exact) mass is 230 g/mol. The minimum atomic E-state index is -0.979. The van der Waals surface area contributed by atoms with Gasteiger partial charge in [-0.2, -0.15) is 0 Å². The Morgan fingerprint density at radius 1 is 1.12 bits per heavy atom. The second-order valence-electron chi connectivity index (χ2n) is 3.86. The Bertz CT molecular complexity index is 559. The number of aryl methyl sites for hydroxylation is 1. The summed E-state index contributed by atoms with van der Waals surface area (Å²) in [6, 6.07) is 11.0. The molecule has 0 amide bonds. The Morgan fingerprint density at radius 3 is 2.35 bits per heavy atom. The molecular formula is C14H11FO2. The fourth-order valence-electron chi connectivity index (χ4n) is 1.72. The fraction of sp³-hybridized carbons (Fsp3) is 0.0714. The lowest BCUT2D eigenvalue weighted by molar-refractivity contribution is 0.0697. The Morgan fingerprint density at radius 2 is 1.76 bits per heavy atom. The molecule has 0 saturated heterocycles. The highest BCUT2D eigenvalue weighted by molar-refractivity contribution is 5.96. The molecule has 0 fully saturated rings. The highest BCUT2D eigenvalue weighted by atomic mass is 19.1. The zero-order chi connectivity index (χ0) is 12.4. The Labute approximate surface area is 98.3 Å². The van der Waals surface area contributed by atoms with E-state index in [2.05, 4.69) is 0 Å². The van der Waals surface area contributed by atoms with E-state index in [1.165, 1.54) is 12.1 Å². The predicted octanol–water partition coefficient (Wildman–Crippen LogP) is 3.50. The van der Waals surface area contributed by atoms with Crippen molar-refractivity contribution >= 4 is 5.97 Å². The number of hydrogen-bond donors (Lipinski definition) is 1. The number of aromatic carboxylic acids is 1. The molecule has 2 aromatic carbocycles. The zero-order valence-electron chi connectivity index (χ0n) is 9.27. The summed E-state index contributed by atoms with van der Waals surface area (Å²) in [5, 5.41) is 9.13. The van der Waals surface area contributed by atoms with Crippen molar-refractivity contribution in [3.05, 3.63) is 59.4 Å². The second kappa shape index (κ2) is 4.37. The van der Waals surface area contributed by atoms with Crippen LogP contribution in [0.1, 0.15) is 15.9 Å². The van der Waals surface area contributed by atoms with E-state index in [-0.39, 0.29) is 11.4 Å². The first-order valence-electron chi connectivity index (χ1n) is 5.18. The summed E-state index contributed by atoms with van der Waals surface area (Å²) >= 11 is 0. The number of rotatable bonds is 2. The van der Waals surface area contributed by atoms with Gasteiger partial charge in [0, 0.05) is 0 Å². The maximum Gasteiger partial charge on any atom is 0.336 e. The van der Waals surface area contributed by atoms with E-state index in [0.717, 1.165) is 5.56 Å². The summed E-state index contributed by atoms with van der Waals surface area (Å²) in [6.07, 6.45) is 0. The van der Waals surface area contributed by atoms with E-state index in [9.17, 15) is 9.18 Å². The number of benzene rings is 2. The van der Waals surface area contributed by atoms with Crippen LogP contribution in [0.25, 0.3) is 11.1 Å². The van der Waals surface area contributed by atoms with Crippen LogP contribution < -0.4 is 0 Å². The van der Waals surface area contributed by atoms with Gasteiger partial charge >= 0.3 is 5.97 Å². The van der Waals surface area contributed by atoms with Gasteiger partial charge in [0.05, 0.1) is 5.56 Å². The number of halogens is 1. The third-order valence-corrected chi connectivity index (χ3v) is 2.56. The molecule has 0 atom stereocenters. The molecule has 0 heterocycles. The van der Waals surface area contributed by atoms with E-state index in [0.29, 0.717) is 11.1 Å². The van der Waals surface area contributed by atoms with E-state index in [1.807, 2.05) is 13.0 Å². The summed E-state index contributed by atoms with van der Waals surface area (Å²) in [5.74, 6) is -1.31. The highest BCUT2D eigenvalue weighted by Gasteiger charge is 2.11. The van der Waals surface area contributed by atoms with Gasteiger partial charge < -0.3 is 5.11 Å². The van der Waals surface area contributed by atoms with E-state index in [4.69, 9.17) is 5.11 Å². The van der Waals surface area contributed by atoms with Crippen molar-refractivity contribution in [2.24, 2.45) is 0 Å². The van der Waals surface area contributed by atoms with Gasteiger partial charge in [0.15, 0.2) is 0 Å². The highest BCUT2D eigenvalue weighted by Crippen LogP contribution is 2.25. The Balaban J connectivity index is 2.58. The molecule has 3 heteroatoms. The van der Waals surface area contributed by atoms with Crippen LogP contribution in [-0.4, -0.2) is 11.1 Å². The number of carboxylic acids is 1. The lowest BCUT2D eigenvalue weighted by Crippen LogP contribution is -2.00. The predicted molar refractivity (Wildman–Crippen MR) is 63.5 cm³/mol. The van der Waals surface area contributed by atoms with E-state index in [1.54, 1.807) is 24.3 Å². The van der Waals surface area contributed by atoms with Crippen molar-refractivity contribution in [1.29, 1.82) is 0 Å². The van der Waals surface area contributed by atoms with Crippen molar-refractivity contribution < 1.29 is 14.3 Å². The molecular weight excluding hydrogens is 219 g/mol. The van der Waals surface area contributed by atoms with Gasteiger partial charge in [-0.3, -0.25) is 0 Å². The Kier molecular flexibility index (Phi) is 2.91. The molecule has 1 N–H and O–H groups in total. The van der Waals surface area contributed by atoms with Gasteiger partial charge in [-0.15, -0.1) is 0 Å². The first-order valence-corrected chi connectivity index (χ1v) is 5.18. The van der Waals surface area contributed by atoms with Gasteiger partial charge in [0.1, 0.15) is 5.82 Å². The van der Waals surface area contributed by atoms with E-state index < -0.39 is 5.97 Å². The molecule has 0 saturated carbocycles. The van der Waals surface area contributed by atoms with Gasteiger partial charge in [-0.25, -0.2) is 9.18 Å². The minimum Gasteiger partial charge on any atom is -0.478 e. The minimum absolute atomic E-state index is 0.233. The van der Waals surface area contributed by atoms with Crippen molar-refractivity contribution in [1.82, 2.24) is 0 Å². The fourth-order valence-corrected chi connectivity index (χ4v) is 1.72. The first kappa shape index (κ1) is 11.3. The molecule has 17 heavy (non-hydrogen) atoms. The number of carboxylic acid groups (broad SMARTS) is 1. The molecule has 0 aliphatic heterocycles. The maximum atomic E-state index is 12.8. The average molecular weight is 230 g/mol. The molecule has 0 unspecified atom stereocenters. The van der Waals surface area contributed by atoms with Gasteiger partial charge in [-0.1, -0.05) is 29.8 Å². The topological polar surface area (TPSA) is 37.3 Å². The van der Waals surface area contributed by atoms with Crippen LogP contribution in [-0.2, 0) is 0 Å². The summed E-state index contributed by atoms with van der Waals surface area (Å²) < 4.78 is 12.8. The van der Waals surface area contributed by atoms with Crippen LogP contribution in [0.15, 0.2) is 42.5 Å². The molecule has 0 spiro atoms. The summed E-state index contributed by atoms with van der Waals surface area (Å²) in [7, 11) is 0. The molecule has 0 aromatic heterocycles. The summed E-state index contributed by atoms with van der Waals surface area (Å²) in [5.41, 5.74) is 2.41. The van der Waals surface area contributed by atoms with Gasteiger partial charge in [-0.05, 0) is 36.2 Å². The quantitative estimate of drug-likeness (QED) is 0.857. The lowest BCUT2D eigenvalue weighted by atomic mass is 9.98. The third-order valence-electron chi connectivity index (χ3n) is 2.56. The van der Waals surface area contributed by atoms with Gasteiger partial charge in [0.25, 0.3) is 0 Å². The molecule has 2 rings (SSSR count). The van der Waals surface area contributed by atoms with Crippen LogP contribution in [0, 0.1) is 12.7 Å². The molecule has 0 bridgehead atoms. The lowest BCUT2D eigenvalue weighted by Gasteiger charge is -2.07. The number of carbonyl (C=O) groups is 1. The zero-order valence-corrected chi connectivity index (χ0v) is 9.27. The van der Waals surface area contributed by atoms with Crippen molar-refractivity contribution in [2.45, 2.75) is 6.92 Å². The maximum absolute atomic E-state index is 12.8. The molecule has 0 aliphatic carbocycles. The second-order valence-corrected chi connectivity index (χ2v) is 3.86. The molecule has 0 aliphatic rings. The van der Waals surface area contributed by atoms with Crippen LogP contribution in [0.4, 0.5) is 4.39 Å². The first-order chi connectivity index (χ1) is 8.08. The van der Waals surface area contributed by atoms with Crippen LogP contribution in [0.3, 0.4) is 0 Å². The Hall–Kier alpha value is -2.16. The molecule has 0 radical (unpaired) electrons. The normalized spacial score (nSPS) is 10.2. The van der Waals surface area contributed by atoms with E-state index >= 15 is 0 Å². The molecule has 2 nitrogen and oxygen atoms in total. The summed E-state index contributed by atoms with van der Waals surface area (Å²) in [4.78, 5) is 11.1. The molecule has 2 aromatic rings.